The van der Waals surface area contributed by atoms with Gasteiger partial charge in [-0.15, -0.1) is 0 Å². The van der Waals surface area contributed by atoms with E-state index >= 15 is 0 Å². The maximum absolute atomic E-state index is 12.4. The highest BCUT2D eigenvalue weighted by molar-refractivity contribution is 14.1. The highest BCUT2D eigenvalue weighted by Gasteiger charge is 2.35. The fourth-order valence-electron chi connectivity index (χ4n) is 2.83. The van der Waals surface area contributed by atoms with Crippen molar-refractivity contribution in [2.75, 3.05) is 20.6 Å². The van der Waals surface area contributed by atoms with Crippen LogP contribution in [-0.4, -0.2) is 42.6 Å². The molecule has 1 rings (SSSR count). The van der Waals surface area contributed by atoms with Crippen molar-refractivity contribution in [1.29, 1.82) is 0 Å². The molecule has 6 heteroatoms. The maximum atomic E-state index is 12.4. The van der Waals surface area contributed by atoms with E-state index in [1.807, 2.05) is 6.92 Å². The molecule has 1 amide bonds. The summed E-state index contributed by atoms with van der Waals surface area (Å²) >= 11 is 2.21. The molecule has 0 saturated heterocycles. The van der Waals surface area contributed by atoms with Gasteiger partial charge in [-0.2, -0.15) is 0 Å². The molecule has 0 radical (unpaired) electrons. The molecule has 1 heterocycles. The van der Waals surface area contributed by atoms with E-state index in [2.05, 4.69) is 72.8 Å². The molecule has 0 saturated carbocycles. The van der Waals surface area contributed by atoms with Crippen molar-refractivity contribution < 1.29 is 9.32 Å². The summed E-state index contributed by atoms with van der Waals surface area (Å²) < 4.78 is 5.93. The van der Waals surface area contributed by atoms with E-state index in [9.17, 15) is 4.79 Å². The van der Waals surface area contributed by atoms with Crippen molar-refractivity contribution in [1.82, 2.24) is 15.4 Å². The van der Waals surface area contributed by atoms with E-state index in [4.69, 9.17) is 4.52 Å². The van der Waals surface area contributed by atoms with Gasteiger partial charge in [0.15, 0.2) is 5.69 Å². The number of halogens is 1. The Morgan fingerprint density at radius 3 is 2.41 bits per heavy atom. The minimum absolute atomic E-state index is 0.0584. The highest BCUT2D eigenvalue weighted by Crippen LogP contribution is 2.32. The van der Waals surface area contributed by atoms with Crippen LogP contribution in [0.2, 0.25) is 0 Å². The number of nitrogens with one attached hydrogen (secondary N) is 1. The van der Waals surface area contributed by atoms with E-state index in [0.717, 1.165) is 28.6 Å². The van der Waals surface area contributed by atoms with Crippen LogP contribution in [0.1, 0.15) is 55.4 Å². The third-order valence-corrected chi connectivity index (χ3v) is 5.72. The number of hydrogen-bond acceptors (Lipinski definition) is 4. The number of rotatable bonds is 8. The summed E-state index contributed by atoms with van der Waals surface area (Å²) in [5.41, 5.74) is 1.31. The second-order valence-electron chi connectivity index (χ2n) is 6.10. The van der Waals surface area contributed by atoms with E-state index in [-0.39, 0.29) is 11.3 Å². The Kier molecular flexibility index (Phi) is 7.31. The summed E-state index contributed by atoms with van der Waals surface area (Å²) in [4.78, 5) is 14.6. The Balaban J connectivity index is 2.84. The van der Waals surface area contributed by atoms with Gasteiger partial charge in [-0.3, -0.25) is 4.79 Å². The van der Waals surface area contributed by atoms with Crippen LogP contribution < -0.4 is 5.32 Å². The summed E-state index contributed by atoms with van der Waals surface area (Å²) in [6.45, 7) is 9.11. The average molecular weight is 421 g/mol. The molecule has 1 atom stereocenters. The second kappa shape index (κ2) is 8.29. The zero-order valence-electron chi connectivity index (χ0n) is 14.5. The van der Waals surface area contributed by atoms with Crippen LogP contribution >= 0.6 is 22.6 Å². The normalized spacial score (nSPS) is 13.5. The summed E-state index contributed by atoms with van der Waals surface area (Å²) in [5, 5.41) is 6.98. The smallest absolute Gasteiger partial charge is 0.273 e. The van der Waals surface area contributed by atoms with Gasteiger partial charge in [0, 0.05) is 23.6 Å². The lowest BCUT2D eigenvalue weighted by Gasteiger charge is -2.41. The van der Waals surface area contributed by atoms with Crippen molar-refractivity contribution in [3.8, 4) is 0 Å². The molecule has 0 bridgehead atoms. The minimum Gasteiger partial charge on any atom is -0.359 e. The average Bonchev–Trinajstić information content (AvgIpc) is 2.89. The molecule has 0 spiro atoms. The molecule has 0 aliphatic carbocycles. The molecule has 22 heavy (non-hydrogen) atoms. The highest BCUT2D eigenvalue weighted by atomic mass is 127. The lowest BCUT2D eigenvalue weighted by Crippen LogP contribution is -2.49. The number of amides is 1. The van der Waals surface area contributed by atoms with Gasteiger partial charge in [0.25, 0.3) is 5.91 Å². The summed E-state index contributed by atoms with van der Waals surface area (Å²) in [7, 11) is 4.17. The van der Waals surface area contributed by atoms with Crippen LogP contribution in [0.4, 0.5) is 0 Å². The van der Waals surface area contributed by atoms with Crippen LogP contribution in [-0.2, 0) is 4.43 Å². The van der Waals surface area contributed by atoms with Crippen LogP contribution in [0.15, 0.2) is 4.52 Å². The minimum atomic E-state index is -0.144. The first kappa shape index (κ1) is 19.4. The molecule has 0 aliphatic heterocycles. The number of carbonyl (C=O) groups is 1. The van der Waals surface area contributed by atoms with E-state index in [0.29, 0.717) is 18.3 Å². The monoisotopic (exact) mass is 421 g/mol. The molecule has 0 fully saturated rings. The number of alkyl halides is 1. The maximum Gasteiger partial charge on any atom is 0.273 e. The molecule has 0 aliphatic rings. The van der Waals surface area contributed by atoms with Gasteiger partial charge in [-0.25, -0.2) is 0 Å². The number of nitrogens with zero attached hydrogens (tertiary/aromatic N) is 2. The Labute approximate surface area is 147 Å². The number of carbonyl (C=O) groups excluding carboxylic acids is 1. The van der Waals surface area contributed by atoms with E-state index in [1.165, 1.54) is 0 Å². The Bertz CT molecular complexity index is 496. The van der Waals surface area contributed by atoms with E-state index < -0.39 is 0 Å². The molecule has 1 aromatic rings. The zero-order valence-corrected chi connectivity index (χ0v) is 16.7. The fourth-order valence-corrected chi connectivity index (χ4v) is 3.54. The van der Waals surface area contributed by atoms with Gasteiger partial charge in [-0.05, 0) is 40.8 Å². The van der Waals surface area contributed by atoms with Crippen molar-refractivity contribution in [3.63, 3.8) is 0 Å². The lowest BCUT2D eigenvalue weighted by molar-refractivity contribution is 0.0802. The standard InChI is InChI=1S/C16H28IN3O2/c1-7-16(8-2,12(4)20(5)6)10-18-15(21)14-11(3)13(9-17)22-19-14/h12H,7-10H2,1-6H3,(H,18,21). The van der Waals surface area contributed by atoms with Gasteiger partial charge in [0.05, 0.1) is 4.43 Å². The van der Waals surface area contributed by atoms with Gasteiger partial charge in [0.2, 0.25) is 0 Å². The molecule has 0 aromatic carbocycles. The zero-order chi connectivity index (χ0) is 16.9. The second-order valence-corrected chi connectivity index (χ2v) is 6.87. The number of aromatic nitrogens is 1. The number of hydrogen-bond donors (Lipinski definition) is 1. The van der Waals surface area contributed by atoms with Gasteiger partial charge in [-0.1, -0.05) is 41.6 Å². The topological polar surface area (TPSA) is 58.4 Å². The Morgan fingerprint density at radius 1 is 1.41 bits per heavy atom. The first-order chi connectivity index (χ1) is 10.3. The van der Waals surface area contributed by atoms with Crippen molar-refractivity contribution in [2.24, 2.45) is 5.41 Å². The van der Waals surface area contributed by atoms with Crippen molar-refractivity contribution in [2.45, 2.75) is 51.0 Å². The third kappa shape index (κ3) is 4.01. The van der Waals surface area contributed by atoms with Crippen molar-refractivity contribution in [3.05, 3.63) is 17.0 Å². The summed E-state index contributed by atoms with van der Waals surface area (Å²) in [5.74, 6) is 0.624. The summed E-state index contributed by atoms with van der Waals surface area (Å²) in [6, 6.07) is 0.381. The lowest BCUT2D eigenvalue weighted by atomic mass is 9.75. The van der Waals surface area contributed by atoms with Gasteiger partial charge < -0.3 is 14.7 Å². The van der Waals surface area contributed by atoms with E-state index in [1.54, 1.807) is 0 Å². The van der Waals surface area contributed by atoms with Crippen LogP contribution in [0.3, 0.4) is 0 Å². The quantitative estimate of drug-likeness (QED) is 0.517. The third-order valence-electron chi connectivity index (χ3n) is 5.03. The molecule has 5 nitrogen and oxygen atoms in total. The SMILES string of the molecule is CCC(CC)(CNC(=O)c1noc(CI)c1C)C(C)N(C)C. The summed E-state index contributed by atoms with van der Waals surface area (Å²) in [6.07, 6.45) is 2.03. The Morgan fingerprint density at radius 2 is 2.00 bits per heavy atom. The predicted molar refractivity (Wildman–Crippen MR) is 97.5 cm³/mol. The predicted octanol–water partition coefficient (Wildman–Crippen LogP) is 3.40. The molecule has 1 N–H and O–H groups in total. The van der Waals surface area contributed by atoms with Gasteiger partial charge in [0.1, 0.15) is 5.76 Å². The Hall–Kier alpha value is -0.630. The first-order valence-corrected chi connectivity index (χ1v) is 9.31. The largest absolute Gasteiger partial charge is 0.359 e. The molecule has 126 valence electrons. The molecular weight excluding hydrogens is 393 g/mol. The molecular formula is C16H28IN3O2. The van der Waals surface area contributed by atoms with Crippen LogP contribution in [0.5, 0.6) is 0 Å². The van der Waals surface area contributed by atoms with Crippen LogP contribution in [0.25, 0.3) is 0 Å². The first-order valence-electron chi connectivity index (χ1n) is 7.78. The molecule has 1 unspecified atom stereocenters. The van der Waals surface area contributed by atoms with Crippen LogP contribution in [0, 0.1) is 12.3 Å². The molecule has 1 aromatic heterocycles. The van der Waals surface area contributed by atoms with Gasteiger partial charge >= 0.3 is 0 Å². The fraction of sp³-hybridized carbons (Fsp3) is 0.750. The van der Waals surface area contributed by atoms with Crippen molar-refractivity contribution >= 4 is 28.5 Å².